The zero-order chi connectivity index (χ0) is 17.6. The van der Waals surface area contributed by atoms with Crippen LogP contribution in [0, 0.1) is 17.2 Å². The van der Waals surface area contributed by atoms with Gasteiger partial charge in [-0.15, -0.1) is 0 Å². The number of nitriles is 1. The molecule has 3 rings (SSSR count). The number of nitrogens with zero attached hydrogens (tertiary/aromatic N) is 4. The highest BCUT2D eigenvalue weighted by Gasteiger charge is 2.32. The van der Waals surface area contributed by atoms with Gasteiger partial charge in [0.2, 0.25) is 0 Å². The lowest BCUT2D eigenvalue weighted by molar-refractivity contribution is 0.0441. The number of carbonyl (C=O) groups is 1. The van der Waals surface area contributed by atoms with Gasteiger partial charge in [0.1, 0.15) is 11.9 Å². The topological polar surface area (TPSA) is 83.2 Å². The van der Waals surface area contributed by atoms with Crippen LogP contribution in [0.1, 0.15) is 12.5 Å². The van der Waals surface area contributed by atoms with Gasteiger partial charge in [-0.2, -0.15) is 10.4 Å². The number of carbonyl (C=O) groups excluding carboxylic acids is 1. The third-order valence-corrected chi connectivity index (χ3v) is 4.08. The number of amides is 2. The first-order valence-corrected chi connectivity index (χ1v) is 8.31. The number of likely N-dealkylation sites (tertiary alicyclic amines) is 1. The molecule has 0 radical (unpaired) electrons. The Morgan fingerprint density at radius 2 is 2.20 bits per heavy atom. The molecule has 1 N–H and O–H groups in total. The Morgan fingerprint density at radius 3 is 2.84 bits per heavy atom. The standard InChI is InChI=1S/C18H21N5O2/c1-14(11-23-8-2-7-21-23)10-20-18(24)22-12-17(13-22)25-16-5-3-15(9-19)4-6-16/h2-8,14,17H,10-13H2,1H3,(H,20,24)/t14-/m0/s1. The first-order chi connectivity index (χ1) is 12.1. The Balaban J connectivity index is 1.35. The molecule has 2 amide bonds. The van der Waals surface area contributed by atoms with E-state index in [-0.39, 0.29) is 12.1 Å². The number of aromatic nitrogens is 2. The molecule has 1 atom stereocenters. The molecule has 7 heteroatoms. The molecule has 7 nitrogen and oxygen atoms in total. The van der Waals surface area contributed by atoms with Gasteiger partial charge in [-0.05, 0) is 36.2 Å². The van der Waals surface area contributed by atoms with Gasteiger partial charge in [-0.3, -0.25) is 4.68 Å². The number of ether oxygens (including phenoxy) is 1. The fourth-order valence-corrected chi connectivity index (χ4v) is 2.64. The summed E-state index contributed by atoms with van der Waals surface area (Å²) in [6.07, 6.45) is 3.67. The van der Waals surface area contributed by atoms with Gasteiger partial charge in [0.15, 0.2) is 0 Å². The van der Waals surface area contributed by atoms with Gasteiger partial charge in [0.05, 0.1) is 24.7 Å². The van der Waals surface area contributed by atoms with E-state index in [1.54, 1.807) is 35.4 Å². The molecule has 2 heterocycles. The molecule has 1 aliphatic rings. The largest absolute Gasteiger partial charge is 0.487 e. The summed E-state index contributed by atoms with van der Waals surface area (Å²) in [5.74, 6) is 1.02. The Kier molecular flexibility index (Phi) is 5.19. The maximum absolute atomic E-state index is 12.1. The average Bonchev–Trinajstić information content (AvgIpc) is 3.09. The van der Waals surface area contributed by atoms with E-state index in [0.29, 0.717) is 31.1 Å². The van der Waals surface area contributed by atoms with E-state index in [1.165, 1.54) is 0 Å². The van der Waals surface area contributed by atoms with Crippen LogP contribution in [0.2, 0.25) is 0 Å². The van der Waals surface area contributed by atoms with Gasteiger partial charge < -0.3 is 15.0 Å². The van der Waals surface area contributed by atoms with Crippen molar-refractivity contribution in [3.05, 3.63) is 48.3 Å². The summed E-state index contributed by atoms with van der Waals surface area (Å²) >= 11 is 0. The zero-order valence-electron chi connectivity index (χ0n) is 14.1. The summed E-state index contributed by atoms with van der Waals surface area (Å²) in [6.45, 7) is 4.60. The van der Waals surface area contributed by atoms with Crippen LogP contribution >= 0.6 is 0 Å². The average molecular weight is 339 g/mol. The molecule has 1 aliphatic heterocycles. The zero-order valence-corrected chi connectivity index (χ0v) is 14.1. The Hall–Kier alpha value is -3.01. The summed E-state index contributed by atoms with van der Waals surface area (Å²) < 4.78 is 7.65. The summed E-state index contributed by atoms with van der Waals surface area (Å²) in [6, 6.07) is 10.9. The van der Waals surface area contributed by atoms with Gasteiger partial charge in [0, 0.05) is 25.5 Å². The second kappa shape index (κ2) is 7.71. The minimum absolute atomic E-state index is 0.000170. The first-order valence-electron chi connectivity index (χ1n) is 8.31. The van der Waals surface area contributed by atoms with Gasteiger partial charge in [-0.1, -0.05) is 6.92 Å². The molecule has 130 valence electrons. The van der Waals surface area contributed by atoms with Crippen LogP contribution in [0.25, 0.3) is 0 Å². The second-order valence-corrected chi connectivity index (χ2v) is 6.30. The Morgan fingerprint density at radius 1 is 1.44 bits per heavy atom. The van der Waals surface area contributed by atoms with Crippen LogP contribution in [0.4, 0.5) is 4.79 Å². The molecule has 1 saturated heterocycles. The van der Waals surface area contributed by atoms with Crippen LogP contribution < -0.4 is 10.1 Å². The normalized spacial score (nSPS) is 15.1. The summed E-state index contributed by atoms with van der Waals surface area (Å²) in [4.78, 5) is 13.8. The third-order valence-electron chi connectivity index (χ3n) is 4.08. The maximum Gasteiger partial charge on any atom is 0.317 e. The van der Waals surface area contributed by atoms with E-state index in [4.69, 9.17) is 10.00 Å². The van der Waals surface area contributed by atoms with Crippen molar-refractivity contribution in [1.29, 1.82) is 5.26 Å². The highest BCUT2D eigenvalue weighted by atomic mass is 16.5. The van der Waals surface area contributed by atoms with Crippen LogP contribution in [0.5, 0.6) is 5.75 Å². The number of hydrogen-bond donors (Lipinski definition) is 1. The fraction of sp³-hybridized carbons (Fsp3) is 0.389. The summed E-state index contributed by atoms with van der Waals surface area (Å²) in [5.41, 5.74) is 0.603. The molecule has 1 aromatic carbocycles. The van der Waals surface area contributed by atoms with E-state index in [0.717, 1.165) is 12.3 Å². The van der Waals surface area contributed by atoms with E-state index in [2.05, 4.69) is 23.4 Å². The molecule has 0 bridgehead atoms. The van der Waals surface area contributed by atoms with Crippen molar-refractivity contribution >= 4 is 6.03 Å². The second-order valence-electron chi connectivity index (χ2n) is 6.30. The van der Waals surface area contributed by atoms with Crippen molar-refractivity contribution in [1.82, 2.24) is 20.0 Å². The van der Waals surface area contributed by atoms with Crippen molar-refractivity contribution in [3.8, 4) is 11.8 Å². The monoisotopic (exact) mass is 339 g/mol. The van der Waals surface area contributed by atoms with E-state index >= 15 is 0 Å². The molecular formula is C18H21N5O2. The molecule has 0 unspecified atom stereocenters. The van der Waals surface area contributed by atoms with E-state index in [1.807, 2.05) is 16.9 Å². The maximum atomic E-state index is 12.1. The van der Waals surface area contributed by atoms with Crippen LogP contribution in [-0.4, -0.2) is 46.4 Å². The number of rotatable bonds is 6. The lowest BCUT2D eigenvalue weighted by atomic mass is 10.1. The van der Waals surface area contributed by atoms with Crippen LogP contribution in [0.3, 0.4) is 0 Å². The van der Waals surface area contributed by atoms with Crippen molar-refractivity contribution < 1.29 is 9.53 Å². The molecule has 2 aromatic rings. The lowest BCUT2D eigenvalue weighted by Crippen LogP contribution is -2.59. The predicted molar refractivity (Wildman–Crippen MR) is 91.9 cm³/mol. The number of nitrogens with one attached hydrogen (secondary N) is 1. The van der Waals surface area contributed by atoms with Crippen molar-refractivity contribution in [3.63, 3.8) is 0 Å². The third kappa shape index (κ3) is 4.51. The van der Waals surface area contributed by atoms with Crippen molar-refractivity contribution in [2.75, 3.05) is 19.6 Å². The predicted octanol–water partition coefficient (Wildman–Crippen LogP) is 1.86. The highest BCUT2D eigenvalue weighted by Crippen LogP contribution is 2.18. The molecule has 0 spiro atoms. The van der Waals surface area contributed by atoms with Crippen LogP contribution in [0.15, 0.2) is 42.7 Å². The highest BCUT2D eigenvalue weighted by molar-refractivity contribution is 5.75. The quantitative estimate of drug-likeness (QED) is 0.871. The summed E-state index contributed by atoms with van der Waals surface area (Å²) in [5, 5.41) is 15.9. The van der Waals surface area contributed by atoms with Crippen molar-refractivity contribution in [2.24, 2.45) is 5.92 Å². The van der Waals surface area contributed by atoms with Gasteiger partial charge >= 0.3 is 6.03 Å². The number of urea groups is 1. The number of hydrogen-bond acceptors (Lipinski definition) is 4. The molecule has 1 fully saturated rings. The Labute approximate surface area is 146 Å². The molecule has 0 aliphatic carbocycles. The summed E-state index contributed by atoms with van der Waals surface area (Å²) in [7, 11) is 0. The fourth-order valence-electron chi connectivity index (χ4n) is 2.64. The number of benzene rings is 1. The minimum Gasteiger partial charge on any atom is -0.487 e. The molecular weight excluding hydrogens is 318 g/mol. The van der Waals surface area contributed by atoms with Gasteiger partial charge in [0.25, 0.3) is 0 Å². The van der Waals surface area contributed by atoms with Crippen molar-refractivity contribution in [2.45, 2.75) is 19.6 Å². The lowest BCUT2D eigenvalue weighted by Gasteiger charge is -2.39. The smallest absolute Gasteiger partial charge is 0.317 e. The minimum atomic E-state index is -0.0630. The first kappa shape index (κ1) is 16.8. The SMILES string of the molecule is C[C@@H](CNC(=O)N1CC(Oc2ccc(C#N)cc2)C1)Cn1cccn1. The molecule has 0 saturated carbocycles. The Bertz CT molecular complexity index is 730. The molecule has 1 aromatic heterocycles. The van der Waals surface area contributed by atoms with Gasteiger partial charge in [-0.25, -0.2) is 4.79 Å². The van der Waals surface area contributed by atoms with E-state index in [9.17, 15) is 4.79 Å². The van der Waals surface area contributed by atoms with E-state index < -0.39 is 0 Å². The molecule has 25 heavy (non-hydrogen) atoms. The van der Waals surface area contributed by atoms with Crippen LogP contribution in [-0.2, 0) is 6.54 Å².